The van der Waals surface area contributed by atoms with Crippen molar-refractivity contribution in [3.05, 3.63) is 82.3 Å². The van der Waals surface area contributed by atoms with Crippen LogP contribution in [0.3, 0.4) is 0 Å². The predicted molar refractivity (Wildman–Crippen MR) is 271 cm³/mol. The number of amides is 3. The number of aromatic nitrogens is 1. The summed E-state index contributed by atoms with van der Waals surface area (Å²) in [6.07, 6.45) is 4.49. The van der Waals surface area contributed by atoms with Crippen LogP contribution in [0.5, 0.6) is 5.75 Å². The first-order chi connectivity index (χ1) is 31.4. The van der Waals surface area contributed by atoms with Crippen LogP contribution in [0.1, 0.15) is 124 Å². The van der Waals surface area contributed by atoms with Crippen molar-refractivity contribution in [3.63, 3.8) is 0 Å². The summed E-state index contributed by atoms with van der Waals surface area (Å²) in [6, 6.07) is 16.8. The van der Waals surface area contributed by atoms with E-state index in [1.165, 1.54) is 16.9 Å². The summed E-state index contributed by atoms with van der Waals surface area (Å²) in [6.45, 7) is 19.4. The molecule has 1 saturated heterocycles. The SMILES string of the molecule is C.CC[C@H](C)[C@@H]([C@@H](CC(=O)N1CCC[C@H]1[C@H](OC)[C@@H](C)C(=O)N[C@@H](Cc1ccccc1)c1nccs1)OC)N(C)C(=O)[C@@H](CC(=O)[C@H](C(C)C)N(C)CCc1ccc(OC(C)C)cc1)C(C)C. The van der Waals surface area contributed by atoms with Gasteiger partial charge in [-0.2, -0.15) is 0 Å². The molecule has 0 aliphatic carbocycles. The van der Waals surface area contributed by atoms with Crippen LogP contribution in [0.25, 0.3) is 0 Å². The highest BCUT2D eigenvalue weighted by atomic mass is 32.1. The van der Waals surface area contributed by atoms with Gasteiger partial charge in [-0.05, 0) is 87.6 Å². The number of hydrogen-bond donors (Lipinski definition) is 1. The zero-order valence-electron chi connectivity index (χ0n) is 42.2. The summed E-state index contributed by atoms with van der Waals surface area (Å²) in [4.78, 5) is 67.8. The number of benzene rings is 2. The molecular weight excluding hydrogens is 863 g/mol. The summed E-state index contributed by atoms with van der Waals surface area (Å²) < 4.78 is 18.1. The molecule has 1 fully saturated rings. The molecule has 12 nitrogen and oxygen atoms in total. The minimum Gasteiger partial charge on any atom is -0.491 e. The average Bonchev–Trinajstić information content (AvgIpc) is 4.01. The van der Waals surface area contributed by atoms with Gasteiger partial charge >= 0.3 is 0 Å². The van der Waals surface area contributed by atoms with Gasteiger partial charge in [0.15, 0.2) is 5.78 Å². The number of methoxy groups -OCH3 is 2. The fraction of sp³-hybridized carbons (Fsp3) is 0.648. The molecular formula is C54H85N5O7S. The second-order valence-corrected chi connectivity index (χ2v) is 20.4. The molecule has 0 radical (unpaired) electrons. The van der Waals surface area contributed by atoms with Gasteiger partial charge < -0.3 is 29.3 Å². The quantitative estimate of drug-likeness (QED) is 0.0795. The largest absolute Gasteiger partial charge is 0.491 e. The summed E-state index contributed by atoms with van der Waals surface area (Å²) in [7, 11) is 7.01. The van der Waals surface area contributed by atoms with Crippen molar-refractivity contribution < 1.29 is 33.4 Å². The number of rotatable bonds is 27. The smallest absolute Gasteiger partial charge is 0.226 e. The molecule has 1 aromatic heterocycles. The highest BCUT2D eigenvalue weighted by molar-refractivity contribution is 7.09. The Morgan fingerprint density at radius 3 is 2.10 bits per heavy atom. The van der Waals surface area contributed by atoms with Crippen LogP contribution in [0.4, 0.5) is 0 Å². The van der Waals surface area contributed by atoms with Gasteiger partial charge in [-0.25, -0.2) is 4.98 Å². The van der Waals surface area contributed by atoms with Gasteiger partial charge in [-0.15, -0.1) is 11.3 Å². The molecule has 1 aliphatic rings. The number of Topliss-reactive ketones (excluding diaryl/α,β-unsaturated/α-hetero) is 1. The molecule has 374 valence electrons. The third-order valence-corrected chi connectivity index (χ3v) is 14.5. The Balaban J connectivity index is 0.0000119. The van der Waals surface area contributed by atoms with Crippen molar-refractivity contribution in [1.29, 1.82) is 0 Å². The Morgan fingerprint density at radius 2 is 1.55 bits per heavy atom. The van der Waals surface area contributed by atoms with Crippen LogP contribution in [0, 0.1) is 29.6 Å². The fourth-order valence-corrected chi connectivity index (χ4v) is 10.5. The number of hydrogen-bond acceptors (Lipinski definition) is 10. The molecule has 3 aromatic rings. The number of ketones is 1. The molecule has 2 heterocycles. The van der Waals surface area contributed by atoms with E-state index in [2.05, 4.69) is 55.0 Å². The van der Waals surface area contributed by atoms with E-state index < -0.39 is 30.1 Å². The molecule has 0 unspecified atom stereocenters. The highest BCUT2D eigenvalue weighted by Gasteiger charge is 2.43. The van der Waals surface area contributed by atoms with Gasteiger partial charge in [-0.1, -0.05) is 105 Å². The lowest BCUT2D eigenvalue weighted by Crippen LogP contribution is -2.54. The molecule has 1 N–H and O–H groups in total. The maximum absolute atomic E-state index is 14.7. The summed E-state index contributed by atoms with van der Waals surface area (Å²) >= 11 is 1.51. The average molecular weight is 948 g/mol. The van der Waals surface area contributed by atoms with Crippen LogP contribution in [0.2, 0.25) is 0 Å². The van der Waals surface area contributed by atoms with Crippen LogP contribution in [0.15, 0.2) is 66.2 Å². The van der Waals surface area contributed by atoms with E-state index in [4.69, 9.17) is 14.2 Å². The van der Waals surface area contributed by atoms with Crippen LogP contribution in [-0.4, -0.2) is 121 Å². The number of nitrogens with zero attached hydrogens (tertiary/aromatic N) is 4. The molecule has 4 rings (SSSR count). The Hall–Kier alpha value is -4.17. The number of ether oxygens (including phenoxy) is 3. The number of carbonyl (C=O) groups is 4. The van der Waals surface area contributed by atoms with Crippen molar-refractivity contribution in [3.8, 4) is 5.75 Å². The van der Waals surface area contributed by atoms with E-state index in [0.29, 0.717) is 25.9 Å². The molecule has 2 aromatic carbocycles. The van der Waals surface area contributed by atoms with Crippen molar-refractivity contribution in [1.82, 2.24) is 25.0 Å². The summed E-state index contributed by atoms with van der Waals surface area (Å²) in [5, 5.41) is 5.99. The monoisotopic (exact) mass is 948 g/mol. The number of carbonyl (C=O) groups excluding carboxylic acids is 4. The van der Waals surface area contributed by atoms with Gasteiger partial charge in [-0.3, -0.25) is 24.1 Å². The first kappa shape index (κ1) is 57.1. The van der Waals surface area contributed by atoms with Crippen molar-refractivity contribution in [2.75, 3.05) is 41.4 Å². The van der Waals surface area contributed by atoms with Crippen molar-refractivity contribution >= 4 is 34.8 Å². The zero-order chi connectivity index (χ0) is 48.7. The number of likely N-dealkylation sites (tertiary alicyclic amines) is 1. The van der Waals surface area contributed by atoms with E-state index in [9.17, 15) is 19.2 Å². The molecule has 67 heavy (non-hydrogen) atoms. The first-order valence-corrected chi connectivity index (χ1v) is 25.1. The Labute approximate surface area is 407 Å². The van der Waals surface area contributed by atoms with Gasteiger partial charge in [0.25, 0.3) is 0 Å². The lowest BCUT2D eigenvalue weighted by molar-refractivity contribution is -0.149. The molecule has 3 amide bonds. The maximum Gasteiger partial charge on any atom is 0.226 e. The van der Waals surface area contributed by atoms with E-state index in [1.807, 2.05) is 94.4 Å². The summed E-state index contributed by atoms with van der Waals surface area (Å²) in [5.41, 5.74) is 2.26. The Morgan fingerprint density at radius 1 is 0.881 bits per heavy atom. The lowest BCUT2D eigenvalue weighted by Gasteiger charge is -2.41. The van der Waals surface area contributed by atoms with Gasteiger partial charge in [0, 0.05) is 58.3 Å². The third-order valence-electron chi connectivity index (χ3n) is 13.6. The number of thiazole rings is 1. The highest BCUT2D eigenvalue weighted by Crippen LogP contribution is 2.32. The summed E-state index contributed by atoms with van der Waals surface area (Å²) in [5.74, 6) is -0.653. The van der Waals surface area contributed by atoms with Crippen molar-refractivity contribution in [2.45, 2.75) is 157 Å². The van der Waals surface area contributed by atoms with Crippen LogP contribution < -0.4 is 10.1 Å². The van der Waals surface area contributed by atoms with Crippen molar-refractivity contribution in [2.24, 2.45) is 29.6 Å². The first-order valence-electron chi connectivity index (χ1n) is 24.3. The van der Waals surface area contributed by atoms with E-state index >= 15 is 0 Å². The molecule has 1 aliphatic heterocycles. The molecule has 0 spiro atoms. The Kier molecular flexibility index (Phi) is 23.7. The minimum absolute atomic E-state index is 0. The van der Waals surface area contributed by atoms with Gasteiger partial charge in [0.2, 0.25) is 17.7 Å². The van der Waals surface area contributed by atoms with Crippen LogP contribution >= 0.6 is 11.3 Å². The topological polar surface area (TPSA) is 131 Å². The zero-order valence-corrected chi connectivity index (χ0v) is 43.0. The maximum atomic E-state index is 14.7. The second kappa shape index (κ2) is 27.7. The fourth-order valence-electron chi connectivity index (χ4n) is 9.85. The van der Waals surface area contributed by atoms with E-state index in [0.717, 1.165) is 35.6 Å². The number of likely N-dealkylation sites (N-methyl/N-ethyl adjacent to an activating group) is 2. The number of nitrogens with one attached hydrogen (secondary N) is 1. The van der Waals surface area contributed by atoms with Gasteiger partial charge in [0.1, 0.15) is 10.8 Å². The lowest BCUT2D eigenvalue weighted by atomic mass is 9.83. The molecule has 0 saturated carbocycles. The predicted octanol–water partition coefficient (Wildman–Crippen LogP) is 9.32. The van der Waals surface area contributed by atoms with Gasteiger partial charge in [0.05, 0.1) is 54.8 Å². The van der Waals surface area contributed by atoms with E-state index in [-0.39, 0.29) is 85.8 Å². The van der Waals surface area contributed by atoms with Crippen LogP contribution in [-0.2, 0) is 41.5 Å². The second-order valence-electron chi connectivity index (χ2n) is 19.5. The van der Waals surface area contributed by atoms with E-state index in [1.54, 1.807) is 32.4 Å². The minimum atomic E-state index is -0.606. The third kappa shape index (κ3) is 15.9. The standard InChI is InChI=1S/C53H81N5O7S.CH4/c1-14-37(8)49(57(11)53(62)42(34(2)3)32-45(59)48(35(4)5)56(10)29-26-39-22-24-41(25-23-39)65-36(6)7)46(63-12)33-47(60)58-28-18-21-44(58)50(64-13)38(9)51(61)55-43(52-54-27-30-66-52)31-40-19-16-15-17-20-40;/h15-17,19-20,22-25,27,30,34-38,42-44,46,48-50H,14,18,21,26,28-29,31-33H2,1-13H3,(H,55,61);1H4/t37-,38+,42-,43-,44-,46+,48-,49-,50+;/m0./s1. The molecule has 0 bridgehead atoms. The normalized spacial score (nSPS) is 17.6. The molecule has 9 atom stereocenters. The molecule has 13 heteroatoms. The Bertz CT molecular complexity index is 1930.